The molecule has 1 amide bonds. The highest BCUT2D eigenvalue weighted by atomic mass is 16.1. The number of rotatable bonds is 4. The lowest BCUT2D eigenvalue weighted by molar-refractivity contribution is 0.0977. The quantitative estimate of drug-likeness (QED) is 0.527. The molecule has 2 N–H and O–H groups in total. The van der Waals surface area contributed by atoms with Gasteiger partial charge in [0, 0.05) is 17.4 Å². The standard InChI is InChI=1S/C23H24N4O/c1-16-7-6-8-19(13-16)22(28)27-23(25-15-21-9-4-5-12-24-21)26-20-11-10-17(2)18(3)14-20/h4-14H,15H2,1-3H3,(H2,25,26,27,28). The van der Waals surface area contributed by atoms with Crippen molar-refractivity contribution in [3.05, 3.63) is 94.8 Å². The monoisotopic (exact) mass is 372 g/mol. The summed E-state index contributed by atoms with van der Waals surface area (Å²) in [6.45, 7) is 6.44. The lowest BCUT2D eigenvalue weighted by Crippen LogP contribution is -2.36. The molecular weight excluding hydrogens is 348 g/mol. The third kappa shape index (κ3) is 5.27. The predicted molar refractivity (Wildman–Crippen MR) is 114 cm³/mol. The fourth-order valence-corrected chi connectivity index (χ4v) is 2.68. The van der Waals surface area contributed by atoms with Crippen molar-refractivity contribution in [1.82, 2.24) is 10.3 Å². The molecule has 0 unspecified atom stereocenters. The Morgan fingerprint density at radius 1 is 0.964 bits per heavy atom. The first kappa shape index (κ1) is 19.3. The number of hydrogen-bond donors (Lipinski definition) is 2. The fraction of sp³-hybridized carbons (Fsp3) is 0.174. The van der Waals surface area contributed by atoms with Gasteiger partial charge in [-0.25, -0.2) is 4.99 Å². The van der Waals surface area contributed by atoms with Crippen molar-refractivity contribution in [3.8, 4) is 0 Å². The van der Waals surface area contributed by atoms with Crippen LogP contribution >= 0.6 is 0 Å². The average Bonchev–Trinajstić information content (AvgIpc) is 2.69. The van der Waals surface area contributed by atoms with Crippen LogP contribution in [0, 0.1) is 20.8 Å². The summed E-state index contributed by atoms with van der Waals surface area (Å²) in [5, 5.41) is 6.11. The summed E-state index contributed by atoms with van der Waals surface area (Å²) in [5.41, 5.74) is 5.69. The summed E-state index contributed by atoms with van der Waals surface area (Å²) in [6, 6.07) is 19.2. The molecule has 0 spiro atoms. The van der Waals surface area contributed by atoms with Crippen LogP contribution in [0.4, 0.5) is 5.69 Å². The van der Waals surface area contributed by atoms with E-state index in [0.717, 1.165) is 16.9 Å². The Kier molecular flexibility index (Phi) is 6.17. The maximum atomic E-state index is 12.7. The van der Waals surface area contributed by atoms with Crippen LogP contribution in [0.5, 0.6) is 0 Å². The van der Waals surface area contributed by atoms with Crippen molar-refractivity contribution in [2.24, 2.45) is 4.99 Å². The zero-order chi connectivity index (χ0) is 19.9. The highest BCUT2D eigenvalue weighted by molar-refractivity contribution is 6.10. The second-order valence-corrected chi connectivity index (χ2v) is 6.73. The molecule has 28 heavy (non-hydrogen) atoms. The van der Waals surface area contributed by atoms with Gasteiger partial charge >= 0.3 is 0 Å². The van der Waals surface area contributed by atoms with E-state index in [1.165, 1.54) is 11.1 Å². The first-order valence-corrected chi connectivity index (χ1v) is 9.18. The summed E-state index contributed by atoms with van der Waals surface area (Å²) in [6.07, 6.45) is 1.73. The first-order chi connectivity index (χ1) is 13.5. The second kappa shape index (κ2) is 8.95. The minimum Gasteiger partial charge on any atom is -0.326 e. The van der Waals surface area contributed by atoms with Gasteiger partial charge in [-0.2, -0.15) is 0 Å². The van der Waals surface area contributed by atoms with Gasteiger partial charge in [-0.05, 0) is 68.3 Å². The molecule has 0 aliphatic rings. The van der Waals surface area contributed by atoms with Gasteiger partial charge in [0.2, 0.25) is 5.96 Å². The highest BCUT2D eigenvalue weighted by Crippen LogP contribution is 2.14. The molecule has 1 heterocycles. The van der Waals surface area contributed by atoms with Crippen molar-refractivity contribution in [1.29, 1.82) is 0 Å². The van der Waals surface area contributed by atoms with E-state index in [4.69, 9.17) is 0 Å². The summed E-state index contributed by atoms with van der Waals surface area (Å²) < 4.78 is 0. The van der Waals surface area contributed by atoms with Gasteiger partial charge in [0.05, 0.1) is 12.2 Å². The van der Waals surface area contributed by atoms with E-state index in [1.54, 1.807) is 12.3 Å². The van der Waals surface area contributed by atoms with Crippen LogP contribution in [0.15, 0.2) is 71.9 Å². The largest absolute Gasteiger partial charge is 0.326 e. The lowest BCUT2D eigenvalue weighted by Gasteiger charge is -2.13. The zero-order valence-electron chi connectivity index (χ0n) is 16.4. The SMILES string of the molecule is Cc1cccc(C(=O)NC(=NCc2ccccn2)Nc2ccc(C)c(C)c2)c1. The predicted octanol–water partition coefficient (Wildman–Crippen LogP) is 4.40. The van der Waals surface area contributed by atoms with Gasteiger partial charge in [0.25, 0.3) is 5.91 Å². The number of carbonyl (C=O) groups is 1. The lowest BCUT2D eigenvalue weighted by atomic mass is 10.1. The van der Waals surface area contributed by atoms with Gasteiger partial charge in [0.1, 0.15) is 0 Å². The van der Waals surface area contributed by atoms with Crippen molar-refractivity contribution >= 4 is 17.6 Å². The third-order valence-electron chi connectivity index (χ3n) is 4.41. The minimum absolute atomic E-state index is 0.209. The Hall–Kier alpha value is -3.47. The average molecular weight is 372 g/mol. The fourth-order valence-electron chi connectivity index (χ4n) is 2.68. The number of benzene rings is 2. The Morgan fingerprint density at radius 3 is 2.54 bits per heavy atom. The summed E-state index contributed by atoms with van der Waals surface area (Å²) in [7, 11) is 0. The van der Waals surface area contributed by atoms with Crippen molar-refractivity contribution in [3.63, 3.8) is 0 Å². The molecule has 2 aromatic carbocycles. The smallest absolute Gasteiger partial charge is 0.257 e. The van der Waals surface area contributed by atoms with E-state index in [0.29, 0.717) is 18.1 Å². The van der Waals surface area contributed by atoms with Crippen LogP contribution < -0.4 is 10.6 Å². The van der Waals surface area contributed by atoms with E-state index in [9.17, 15) is 4.79 Å². The third-order valence-corrected chi connectivity index (χ3v) is 4.41. The first-order valence-electron chi connectivity index (χ1n) is 9.18. The number of guanidine groups is 1. The summed E-state index contributed by atoms with van der Waals surface area (Å²) >= 11 is 0. The second-order valence-electron chi connectivity index (χ2n) is 6.73. The maximum absolute atomic E-state index is 12.7. The molecule has 0 saturated carbocycles. The van der Waals surface area contributed by atoms with Crippen molar-refractivity contribution in [2.75, 3.05) is 5.32 Å². The van der Waals surface area contributed by atoms with Crippen LogP contribution in [0.3, 0.4) is 0 Å². The number of aryl methyl sites for hydroxylation is 3. The normalized spacial score (nSPS) is 11.2. The number of nitrogens with zero attached hydrogens (tertiary/aromatic N) is 2. The van der Waals surface area contributed by atoms with Gasteiger partial charge in [0.15, 0.2) is 0 Å². The molecule has 0 aliphatic heterocycles. The molecule has 0 fully saturated rings. The van der Waals surface area contributed by atoms with Gasteiger partial charge in [-0.1, -0.05) is 29.8 Å². The number of aliphatic imine (C=N–C) groups is 1. The molecule has 142 valence electrons. The zero-order valence-corrected chi connectivity index (χ0v) is 16.4. The topological polar surface area (TPSA) is 66.4 Å². The van der Waals surface area contributed by atoms with Gasteiger partial charge < -0.3 is 5.32 Å². The molecule has 0 saturated heterocycles. The Bertz CT molecular complexity index is 996. The molecule has 0 atom stereocenters. The van der Waals surface area contributed by atoms with E-state index in [2.05, 4.69) is 34.5 Å². The maximum Gasteiger partial charge on any atom is 0.257 e. The number of anilines is 1. The molecule has 3 aromatic rings. The van der Waals surface area contributed by atoms with Gasteiger partial charge in [-0.3, -0.25) is 15.1 Å². The van der Waals surface area contributed by atoms with Crippen molar-refractivity contribution in [2.45, 2.75) is 27.3 Å². The van der Waals surface area contributed by atoms with Crippen LogP contribution in [-0.2, 0) is 6.54 Å². The molecular formula is C23H24N4O. The number of pyridine rings is 1. The van der Waals surface area contributed by atoms with E-state index in [1.807, 2.05) is 61.5 Å². The van der Waals surface area contributed by atoms with Crippen LogP contribution in [0.25, 0.3) is 0 Å². The molecule has 0 aliphatic carbocycles. The van der Waals surface area contributed by atoms with E-state index in [-0.39, 0.29) is 5.91 Å². The van der Waals surface area contributed by atoms with Gasteiger partial charge in [-0.15, -0.1) is 0 Å². The number of aromatic nitrogens is 1. The molecule has 1 aromatic heterocycles. The summed E-state index contributed by atoms with van der Waals surface area (Å²) in [5.74, 6) is 0.181. The number of carbonyl (C=O) groups excluding carboxylic acids is 1. The van der Waals surface area contributed by atoms with Crippen LogP contribution in [0.2, 0.25) is 0 Å². The number of hydrogen-bond acceptors (Lipinski definition) is 3. The van der Waals surface area contributed by atoms with Crippen LogP contribution in [-0.4, -0.2) is 16.9 Å². The Morgan fingerprint density at radius 2 is 1.82 bits per heavy atom. The molecule has 0 radical (unpaired) electrons. The summed E-state index contributed by atoms with van der Waals surface area (Å²) in [4.78, 5) is 21.5. The van der Waals surface area contributed by atoms with E-state index >= 15 is 0 Å². The minimum atomic E-state index is -0.209. The molecule has 0 bridgehead atoms. The highest BCUT2D eigenvalue weighted by Gasteiger charge is 2.10. The molecule has 3 rings (SSSR count). The Balaban J connectivity index is 1.82. The Labute approximate surface area is 165 Å². The van der Waals surface area contributed by atoms with Crippen LogP contribution in [0.1, 0.15) is 32.7 Å². The van der Waals surface area contributed by atoms with E-state index < -0.39 is 0 Å². The molecule has 5 nitrogen and oxygen atoms in total. The number of amides is 1. The van der Waals surface area contributed by atoms with Crippen molar-refractivity contribution < 1.29 is 4.79 Å². The number of nitrogens with one attached hydrogen (secondary N) is 2. The molecule has 5 heteroatoms.